The van der Waals surface area contributed by atoms with E-state index >= 15 is 0 Å². The van der Waals surface area contributed by atoms with Crippen LogP contribution < -0.4 is 0 Å². The van der Waals surface area contributed by atoms with Crippen molar-refractivity contribution in [2.75, 3.05) is 165 Å². The molecule has 0 fully saturated rings. The van der Waals surface area contributed by atoms with E-state index in [1.165, 1.54) is 0 Å². The van der Waals surface area contributed by atoms with E-state index in [0.29, 0.717) is 158 Å². The first kappa shape index (κ1) is 48.5. The molecule has 0 unspecified atom stereocenters. The molecule has 0 aliphatic carbocycles. The van der Waals surface area contributed by atoms with Gasteiger partial charge < -0.3 is 66.3 Å². The van der Waals surface area contributed by atoms with Crippen molar-refractivity contribution in [1.29, 1.82) is 0 Å². The number of carbonyl (C=O) groups excluding carboxylic acids is 2. The SMILES string of the molecule is CCCC(=O)OCCOCCOCCOCCOCCOCCOCCOCCOCCOCCOCCOCCOCC(=O)OC(C)(C)C. The van der Waals surface area contributed by atoms with Crippen LogP contribution in [0.25, 0.3) is 0 Å². The Hall–Kier alpha value is -1.54. The lowest BCUT2D eigenvalue weighted by atomic mass is 10.2. The second kappa shape index (κ2) is 38.7. The minimum atomic E-state index is -0.515. The van der Waals surface area contributed by atoms with Gasteiger partial charge in [0.15, 0.2) is 0 Å². The summed E-state index contributed by atoms with van der Waals surface area (Å²) in [5.74, 6) is -0.583. The van der Waals surface area contributed by atoms with Crippen LogP contribution in [0.3, 0.4) is 0 Å². The second-order valence-electron chi connectivity index (χ2n) is 11.3. The lowest BCUT2D eigenvalue weighted by Gasteiger charge is -2.19. The van der Waals surface area contributed by atoms with Gasteiger partial charge in [0.1, 0.15) is 18.8 Å². The summed E-state index contributed by atoms with van der Waals surface area (Å²) in [5, 5.41) is 0. The fourth-order valence-electron chi connectivity index (χ4n) is 3.44. The van der Waals surface area contributed by atoms with Crippen molar-refractivity contribution in [3.63, 3.8) is 0 Å². The molecule has 0 saturated heterocycles. The highest BCUT2D eigenvalue weighted by atomic mass is 16.6. The molecule has 0 spiro atoms. The van der Waals surface area contributed by atoms with Gasteiger partial charge >= 0.3 is 11.9 Å². The third kappa shape index (κ3) is 42.6. The Morgan fingerprint density at radius 3 is 0.840 bits per heavy atom. The molecule has 0 radical (unpaired) electrons. The van der Waals surface area contributed by atoms with E-state index in [9.17, 15) is 9.59 Å². The van der Waals surface area contributed by atoms with E-state index in [-0.39, 0.29) is 19.2 Å². The highest BCUT2D eigenvalue weighted by molar-refractivity contribution is 5.71. The highest BCUT2D eigenvalue weighted by Crippen LogP contribution is 2.06. The van der Waals surface area contributed by atoms with E-state index in [1.807, 2.05) is 27.7 Å². The average molecular weight is 731 g/mol. The zero-order valence-corrected chi connectivity index (χ0v) is 31.1. The summed E-state index contributed by atoms with van der Waals surface area (Å²) in [7, 11) is 0. The first-order chi connectivity index (χ1) is 24.3. The van der Waals surface area contributed by atoms with Gasteiger partial charge in [0.2, 0.25) is 0 Å². The Balaban J connectivity index is 3.11. The summed E-state index contributed by atoms with van der Waals surface area (Å²) in [4.78, 5) is 22.7. The van der Waals surface area contributed by atoms with Gasteiger partial charge in [-0.05, 0) is 27.2 Å². The number of ether oxygens (including phenoxy) is 14. The first-order valence-corrected chi connectivity index (χ1v) is 17.7. The minimum absolute atomic E-state index is 0.0872. The zero-order chi connectivity index (χ0) is 36.6. The van der Waals surface area contributed by atoms with E-state index < -0.39 is 11.6 Å². The summed E-state index contributed by atoms with van der Waals surface area (Å²) in [6.45, 7) is 18.1. The Kier molecular flexibility index (Phi) is 37.5. The van der Waals surface area contributed by atoms with Crippen molar-refractivity contribution < 1.29 is 75.9 Å². The fraction of sp³-hybridized carbons (Fsp3) is 0.941. The largest absolute Gasteiger partial charge is 0.463 e. The van der Waals surface area contributed by atoms with Gasteiger partial charge in [-0.15, -0.1) is 0 Å². The number of hydrogen-bond donors (Lipinski definition) is 0. The smallest absolute Gasteiger partial charge is 0.332 e. The molecular formula is C34H66O16. The van der Waals surface area contributed by atoms with Gasteiger partial charge in [-0.2, -0.15) is 0 Å². The standard InChI is InChI=1S/C34H66O16/c1-5-6-32(35)49-30-29-47-26-25-45-22-21-43-18-17-41-14-13-39-10-9-37-7-8-38-11-12-40-15-16-42-19-20-44-23-24-46-27-28-48-31-33(36)50-34(2,3)4/h5-31H2,1-4H3. The van der Waals surface area contributed by atoms with Crippen LogP contribution in [0.15, 0.2) is 0 Å². The third-order valence-corrected chi connectivity index (χ3v) is 5.68. The van der Waals surface area contributed by atoms with Gasteiger partial charge in [0.25, 0.3) is 0 Å². The lowest BCUT2D eigenvalue weighted by Crippen LogP contribution is -2.27. The van der Waals surface area contributed by atoms with E-state index in [1.54, 1.807) is 0 Å². The minimum Gasteiger partial charge on any atom is -0.463 e. The number of hydrogen-bond acceptors (Lipinski definition) is 16. The topological polar surface area (TPSA) is 163 Å². The van der Waals surface area contributed by atoms with Crippen molar-refractivity contribution in [1.82, 2.24) is 0 Å². The van der Waals surface area contributed by atoms with Gasteiger partial charge in [-0.25, -0.2) is 4.79 Å². The monoisotopic (exact) mass is 730 g/mol. The molecule has 0 bridgehead atoms. The Bertz CT molecular complexity index is 722. The van der Waals surface area contributed by atoms with Crippen LogP contribution in [0.4, 0.5) is 0 Å². The maximum Gasteiger partial charge on any atom is 0.332 e. The van der Waals surface area contributed by atoms with E-state index in [2.05, 4.69) is 0 Å². The van der Waals surface area contributed by atoms with Crippen LogP contribution in [0.5, 0.6) is 0 Å². The van der Waals surface area contributed by atoms with Gasteiger partial charge in [-0.3, -0.25) is 4.79 Å². The van der Waals surface area contributed by atoms with E-state index in [4.69, 9.17) is 66.3 Å². The predicted molar refractivity (Wildman–Crippen MR) is 182 cm³/mol. The second-order valence-corrected chi connectivity index (χ2v) is 11.3. The summed E-state index contributed by atoms with van der Waals surface area (Å²) < 4.78 is 75.2. The molecule has 16 nitrogen and oxygen atoms in total. The molecule has 0 aliphatic heterocycles. The molecule has 0 rings (SSSR count). The molecule has 50 heavy (non-hydrogen) atoms. The Morgan fingerprint density at radius 1 is 0.360 bits per heavy atom. The van der Waals surface area contributed by atoms with E-state index in [0.717, 1.165) is 6.42 Å². The van der Waals surface area contributed by atoms with Crippen molar-refractivity contribution in [2.45, 2.75) is 46.1 Å². The van der Waals surface area contributed by atoms with Crippen LogP contribution >= 0.6 is 0 Å². The van der Waals surface area contributed by atoms with Crippen molar-refractivity contribution >= 4 is 11.9 Å². The van der Waals surface area contributed by atoms with Crippen molar-refractivity contribution in [3.8, 4) is 0 Å². The van der Waals surface area contributed by atoms with Crippen molar-refractivity contribution in [3.05, 3.63) is 0 Å². The highest BCUT2D eigenvalue weighted by Gasteiger charge is 2.15. The quantitative estimate of drug-likeness (QED) is 0.0663. The van der Waals surface area contributed by atoms with Gasteiger partial charge in [0.05, 0.1) is 152 Å². The van der Waals surface area contributed by atoms with Crippen LogP contribution in [-0.4, -0.2) is 183 Å². The Labute approximate surface area is 299 Å². The summed E-state index contributed by atoms with van der Waals surface area (Å²) >= 11 is 0. The molecule has 0 aromatic rings. The molecule has 16 heteroatoms. The van der Waals surface area contributed by atoms with Gasteiger partial charge in [0, 0.05) is 6.42 Å². The maximum atomic E-state index is 11.5. The molecule has 0 aliphatic rings. The fourth-order valence-corrected chi connectivity index (χ4v) is 3.44. The molecular weight excluding hydrogens is 664 g/mol. The van der Waals surface area contributed by atoms with Gasteiger partial charge in [-0.1, -0.05) is 6.92 Å². The predicted octanol–water partition coefficient (Wildman–Crippen LogP) is 1.87. The normalized spacial score (nSPS) is 11.7. The number of esters is 2. The van der Waals surface area contributed by atoms with Crippen LogP contribution in [-0.2, 0) is 75.9 Å². The van der Waals surface area contributed by atoms with Crippen LogP contribution in [0.1, 0.15) is 40.5 Å². The lowest BCUT2D eigenvalue weighted by molar-refractivity contribution is -0.160. The van der Waals surface area contributed by atoms with Crippen LogP contribution in [0, 0.1) is 0 Å². The molecule has 0 aromatic carbocycles. The zero-order valence-electron chi connectivity index (χ0n) is 31.1. The molecule has 0 atom stereocenters. The number of carbonyl (C=O) groups is 2. The molecule has 0 aromatic heterocycles. The van der Waals surface area contributed by atoms with Crippen molar-refractivity contribution in [2.24, 2.45) is 0 Å². The molecule has 298 valence electrons. The Morgan fingerprint density at radius 2 is 0.600 bits per heavy atom. The van der Waals surface area contributed by atoms with Crippen LogP contribution in [0.2, 0.25) is 0 Å². The summed E-state index contributed by atoms with van der Waals surface area (Å²) in [6.07, 6.45) is 1.22. The summed E-state index contributed by atoms with van der Waals surface area (Å²) in [6, 6.07) is 0. The molecule has 0 amide bonds. The molecule has 0 saturated carbocycles. The average Bonchev–Trinajstić information content (AvgIpc) is 3.07. The molecule has 0 heterocycles. The first-order valence-electron chi connectivity index (χ1n) is 17.7. The molecule has 0 N–H and O–H groups in total. The summed E-state index contributed by atoms with van der Waals surface area (Å²) in [5.41, 5.74) is -0.515. The third-order valence-electron chi connectivity index (χ3n) is 5.68. The number of rotatable bonds is 40. The maximum absolute atomic E-state index is 11.5.